The molecule has 5 rings (SSSR count). The lowest BCUT2D eigenvalue weighted by atomic mass is 9.93. The van der Waals surface area contributed by atoms with Gasteiger partial charge < -0.3 is 0 Å². The molecule has 0 N–H and O–H groups in total. The van der Waals surface area contributed by atoms with Crippen molar-refractivity contribution in [3.05, 3.63) is 114 Å². The second-order valence-electron chi connectivity index (χ2n) is 9.27. The summed E-state index contributed by atoms with van der Waals surface area (Å²) >= 11 is 0. The third-order valence-electron chi connectivity index (χ3n) is 6.96. The molecule has 0 spiro atoms. The minimum atomic E-state index is 1.15. The Kier molecular flexibility index (Phi) is 6.44. The van der Waals surface area contributed by atoms with E-state index in [9.17, 15) is 0 Å². The van der Waals surface area contributed by atoms with Crippen LogP contribution in [0.1, 0.15) is 61.8 Å². The van der Waals surface area contributed by atoms with Crippen LogP contribution in [0.4, 0.5) is 0 Å². The summed E-state index contributed by atoms with van der Waals surface area (Å²) in [6, 6.07) is 31.8. The Labute approximate surface area is 199 Å². The van der Waals surface area contributed by atoms with E-state index in [2.05, 4.69) is 105 Å². The molecule has 0 heteroatoms. The van der Waals surface area contributed by atoms with Crippen LogP contribution < -0.4 is 0 Å². The molecular formula is C33H33. The van der Waals surface area contributed by atoms with Crippen molar-refractivity contribution in [2.24, 2.45) is 0 Å². The fraction of sp³-hybridized carbons (Fsp3) is 0.242. The molecule has 0 heterocycles. The number of hydrogen-bond donors (Lipinski definition) is 0. The van der Waals surface area contributed by atoms with E-state index in [1.165, 1.54) is 81.3 Å². The van der Waals surface area contributed by atoms with E-state index in [4.69, 9.17) is 0 Å². The van der Waals surface area contributed by atoms with Gasteiger partial charge in [0.2, 0.25) is 0 Å². The molecule has 0 saturated heterocycles. The van der Waals surface area contributed by atoms with Crippen LogP contribution in [0.2, 0.25) is 0 Å². The molecule has 4 aromatic rings. The molecule has 0 aliphatic heterocycles. The molecule has 165 valence electrons. The molecule has 0 bridgehead atoms. The zero-order valence-electron chi connectivity index (χ0n) is 19.9. The largest absolute Gasteiger partial charge is 0.0654 e. The Morgan fingerprint density at radius 2 is 0.939 bits per heavy atom. The molecule has 1 radical (unpaired) electrons. The molecular weight excluding hydrogens is 396 g/mol. The van der Waals surface area contributed by atoms with Gasteiger partial charge in [0.1, 0.15) is 0 Å². The third-order valence-corrected chi connectivity index (χ3v) is 6.96. The van der Waals surface area contributed by atoms with Gasteiger partial charge in [-0.1, -0.05) is 99.5 Å². The zero-order chi connectivity index (χ0) is 22.6. The predicted molar refractivity (Wildman–Crippen MR) is 142 cm³/mol. The minimum absolute atomic E-state index is 1.15. The Morgan fingerprint density at radius 3 is 1.39 bits per heavy atom. The van der Waals surface area contributed by atoms with Gasteiger partial charge in [-0.15, -0.1) is 0 Å². The summed E-state index contributed by atoms with van der Waals surface area (Å²) in [4.78, 5) is 0. The maximum atomic E-state index is 2.38. The van der Waals surface area contributed by atoms with Crippen molar-refractivity contribution in [2.75, 3.05) is 0 Å². The summed E-state index contributed by atoms with van der Waals surface area (Å²) in [5.74, 6) is 0. The maximum Gasteiger partial charge on any atom is 0.0212 e. The van der Waals surface area contributed by atoms with E-state index in [0.29, 0.717) is 0 Å². The average Bonchev–Trinajstić information content (AvgIpc) is 3.23. The molecule has 0 fully saturated rings. The lowest BCUT2D eigenvalue weighted by Crippen LogP contribution is -1.91. The zero-order valence-corrected chi connectivity index (χ0v) is 19.9. The first kappa shape index (κ1) is 21.7. The SMILES string of the molecule is CCCCc1ccccc1-c1ccc2c(c1)[CH]c1cc(-c3ccccc3CCCC)ccc1-2. The summed E-state index contributed by atoms with van der Waals surface area (Å²) in [5, 5.41) is 0. The van der Waals surface area contributed by atoms with Gasteiger partial charge in [-0.05, 0) is 93.5 Å². The molecule has 0 aromatic heterocycles. The fourth-order valence-electron chi connectivity index (χ4n) is 5.13. The molecule has 0 amide bonds. The van der Waals surface area contributed by atoms with Gasteiger partial charge >= 0.3 is 0 Å². The lowest BCUT2D eigenvalue weighted by Gasteiger charge is -2.11. The van der Waals surface area contributed by atoms with Gasteiger partial charge in [0.15, 0.2) is 0 Å². The van der Waals surface area contributed by atoms with E-state index >= 15 is 0 Å². The second kappa shape index (κ2) is 9.79. The summed E-state index contributed by atoms with van der Waals surface area (Å²) < 4.78 is 0. The Bertz CT molecular complexity index is 1160. The van der Waals surface area contributed by atoms with Crippen molar-refractivity contribution in [3.8, 4) is 33.4 Å². The van der Waals surface area contributed by atoms with Gasteiger partial charge in [-0.2, -0.15) is 0 Å². The van der Waals surface area contributed by atoms with E-state index in [0.717, 1.165) is 12.8 Å². The number of hydrogen-bond acceptors (Lipinski definition) is 0. The van der Waals surface area contributed by atoms with Gasteiger partial charge in [-0.3, -0.25) is 0 Å². The van der Waals surface area contributed by atoms with Crippen LogP contribution >= 0.6 is 0 Å². The molecule has 1 aliphatic rings. The van der Waals surface area contributed by atoms with Crippen molar-refractivity contribution >= 4 is 0 Å². The Balaban J connectivity index is 1.46. The summed E-state index contributed by atoms with van der Waals surface area (Å²) in [6.07, 6.45) is 9.60. The highest BCUT2D eigenvalue weighted by molar-refractivity contribution is 5.86. The first-order valence-corrected chi connectivity index (χ1v) is 12.6. The van der Waals surface area contributed by atoms with Gasteiger partial charge in [0.25, 0.3) is 0 Å². The third kappa shape index (κ3) is 4.40. The molecule has 0 saturated carbocycles. The monoisotopic (exact) mass is 429 g/mol. The number of benzene rings is 4. The van der Waals surface area contributed by atoms with Crippen LogP contribution in [0.15, 0.2) is 84.9 Å². The molecule has 0 unspecified atom stereocenters. The van der Waals surface area contributed by atoms with E-state index in [1.54, 1.807) is 0 Å². The number of unbranched alkanes of at least 4 members (excludes halogenated alkanes) is 2. The topological polar surface area (TPSA) is 0 Å². The van der Waals surface area contributed by atoms with Crippen molar-refractivity contribution in [2.45, 2.75) is 52.4 Å². The minimum Gasteiger partial charge on any atom is -0.0654 e. The maximum absolute atomic E-state index is 2.38. The molecule has 1 aliphatic carbocycles. The van der Waals surface area contributed by atoms with Crippen molar-refractivity contribution in [1.82, 2.24) is 0 Å². The summed E-state index contributed by atoms with van der Waals surface area (Å²) in [5.41, 5.74) is 13.7. The van der Waals surface area contributed by atoms with Crippen molar-refractivity contribution in [1.29, 1.82) is 0 Å². The number of rotatable bonds is 8. The van der Waals surface area contributed by atoms with Crippen LogP contribution in [-0.4, -0.2) is 0 Å². The van der Waals surface area contributed by atoms with E-state index in [-0.39, 0.29) is 0 Å². The van der Waals surface area contributed by atoms with Crippen molar-refractivity contribution in [3.63, 3.8) is 0 Å². The van der Waals surface area contributed by atoms with E-state index < -0.39 is 0 Å². The first-order valence-electron chi connectivity index (χ1n) is 12.6. The van der Waals surface area contributed by atoms with Crippen LogP contribution in [0, 0.1) is 6.42 Å². The lowest BCUT2D eigenvalue weighted by molar-refractivity contribution is 0.796. The smallest absolute Gasteiger partial charge is 0.0212 e. The summed E-state index contributed by atoms with van der Waals surface area (Å²) in [6.45, 7) is 4.53. The predicted octanol–water partition coefficient (Wildman–Crippen LogP) is 9.29. The quantitative estimate of drug-likeness (QED) is 0.230. The molecule has 33 heavy (non-hydrogen) atoms. The molecule has 4 aromatic carbocycles. The highest BCUT2D eigenvalue weighted by Crippen LogP contribution is 2.42. The first-order chi connectivity index (χ1) is 16.3. The standard InChI is InChI=1S/C33H33/c1-3-5-11-24-13-7-9-15-30(24)26-17-19-32-28(21-26)23-29-22-27(18-20-33(29)32)31-16-10-8-14-25(31)12-6-4-2/h7-10,13-23H,3-6,11-12H2,1-2H3. The highest BCUT2D eigenvalue weighted by Gasteiger charge is 2.20. The van der Waals surface area contributed by atoms with E-state index in [1.807, 2.05) is 0 Å². The van der Waals surface area contributed by atoms with Crippen LogP contribution in [0.5, 0.6) is 0 Å². The normalized spacial score (nSPS) is 11.9. The average molecular weight is 430 g/mol. The van der Waals surface area contributed by atoms with Gasteiger partial charge in [0.05, 0.1) is 0 Å². The molecule has 0 nitrogen and oxygen atoms in total. The fourth-order valence-corrected chi connectivity index (χ4v) is 5.13. The number of aryl methyl sites for hydroxylation is 2. The van der Waals surface area contributed by atoms with Crippen molar-refractivity contribution < 1.29 is 0 Å². The highest BCUT2D eigenvalue weighted by atomic mass is 14.2. The Hall–Kier alpha value is -3.12. The van der Waals surface area contributed by atoms with Gasteiger partial charge in [0, 0.05) is 6.42 Å². The van der Waals surface area contributed by atoms with Gasteiger partial charge in [-0.25, -0.2) is 0 Å². The summed E-state index contributed by atoms with van der Waals surface area (Å²) in [7, 11) is 0. The molecule has 0 atom stereocenters. The number of fused-ring (bicyclic) bond motifs is 3. The van der Waals surface area contributed by atoms with Crippen LogP contribution in [0.25, 0.3) is 33.4 Å². The Morgan fingerprint density at radius 1 is 0.485 bits per heavy atom. The van der Waals surface area contributed by atoms with Crippen LogP contribution in [0.3, 0.4) is 0 Å². The van der Waals surface area contributed by atoms with Crippen LogP contribution in [-0.2, 0) is 12.8 Å². The second-order valence-corrected chi connectivity index (χ2v) is 9.27.